The van der Waals surface area contributed by atoms with Crippen molar-refractivity contribution >= 4 is 22.6 Å². The number of carbonyl (C=O) groups is 1. The van der Waals surface area contributed by atoms with Gasteiger partial charge in [-0.2, -0.15) is 0 Å². The van der Waals surface area contributed by atoms with Crippen LogP contribution in [-0.2, 0) is 0 Å². The van der Waals surface area contributed by atoms with Gasteiger partial charge in [0.05, 0.1) is 18.0 Å². The van der Waals surface area contributed by atoms with Crippen LogP contribution >= 0.6 is 0 Å². The number of ether oxygens (including phenoxy) is 1. The Hall–Kier alpha value is -2.65. The summed E-state index contributed by atoms with van der Waals surface area (Å²) in [5.74, 6) is -1.70. The van der Waals surface area contributed by atoms with Gasteiger partial charge in [-0.1, -0.05) is 0 Å². The maximum absolute atomic E-state index is 15.2. The molecule has 0 bridgehead atoms. The van der Waals surface area contributed by atoms with Crippen molar-refractivity contribution in [2.75, 3.05) is 31.6 Å². The highest BCUT2D eigenvalue weighted by Gasteiger charge is 2.34. The molecule has 2 fully saturated rings. The second-order valence-corrected chi connectivity index (χ2v) is 8.01. The topological polar surface area (TPSA) is 124 Å². The Morgan fingerprint density at radius 3 is 2.55 bits per heavy atom. The van der Waals surface area contributed by atoms with Gasteiger partial charge in [-0.25, -0.2) is 9.18 Å². The molecule has 8 nitrogen and oxygen atoms in total. The monoisotopic (exact) mass is 404 g/mol. The molecule has 0 unspecified atom stereocenters. The van der Waals surface area contributed by atoms with E-state index < -0.39 is 22.8 Å². The number of hydrogen-bond donors (Lipinski definition) is 3. The van der Waals surface area contributed by atoms with Crippen LogP contribution in [0.2, 0.25) is 0 Å². The van der Waals surface area contributed by atoms with Crippen LogP contribution in [0.5, 0.6) is 5.75 Å². The Labute approximate surface area is 166 Å². The lowest BCUT2D eigenvalue weighted by molar-refractivity contribution is 0.0695. The number of rotatable bonds is 5. The number of piperidine rings is 1. The third-order valence-electron chi connectivity index (χ3n) is 6.05. The number of fused-ring (bicyclic) bond motifs is 1. The summed E-state index contributed by atoms with van der Waals surface area (Å²) in [6.07, 6.45) is 4.30. The van der Waals surface area contributed by atoms with E-state index >= 15 is 4.39 Å². The molecule has 1 aliphatic heterocycles. The zero-order chi connectivity index (χ0) is 20.9. The van der Waals surface area contributed by atoms with E-state index in [1.54, 1.807) is 4.57 Å². The minimum absolute atomic E-state index is 0.0158. The van der Waals surface area contributed by atoms with Crippen LogP contribution in [0.1, 0.15) is 42.1 Å². The molecule has 0 radical (unpaired) electrons. The van der Waals surface area contributed by atoms with Crippen molar-refractivity contribution in [1.29, 1.82) is 0 Å². The lowest BCUT2D eigenvalue weighted by Crippen LogP contribution is -2.55. The molecular formula is C20H25FN4O4. The number of halogens is 1. The van der Waals surface area contributed by atoms with Gasteiger partial charge in [0, 0.05) is 37.4 Å². The SMILES string of the molecule is COc1c(N2CCC(N)(CN)CC2)c(F)cc2c(=O)c(C(=O)O)cn(C3CC3)c12. The molecule has 1 saturated carbocycles. The van der Waals surface area contributed by atoms with Gasteiger partial charge in [-0.05, 0) is 31.7 Å². The molecule has 5 N–H and O–H groups in total. The van der Waals surface area contributed by atoms with Crippen molar-refractivity contribution in [3.63, 3.8) is 0 Å². The molecule has 0 amide bonds. The van der Waals surface area contributed by atoms with Gasteiger partial charge in [0.2, 0.25) is 5.43 Å². The van der Waals surface area contributed by atoms with Crippen molar-refractivity contribution in [2.24, 2.45) is 11.5 Å². The number of methoxy groups -OCH3 is 1. The molecule has 2 aromatic rings. The number of aromatic nitrogens is 1. The Balaban J connectivity index is 1.93. The third-order valence-corrected chi connectivity index (χ3v) is 6.05. The number of hydrogen-bond acceptors (Lipinski definition) is 6. The first-order valence-electron chi connectivity index (χ1n) is 9.72. The lowest BCUT2D eigenvalue weighted by Gasteiger charge is -2.40. The number of nitrogens with zero attached hydrogens (tertiary/aromatic N) is 2. The minimum atomic E-state index is -1.33. The van der Waals surface area contributed by atoms with Crippen LogP contribution in [0.25, 0.3) is 10.9 Å². The second-order valence-electron chi connectivity index (χ2n) is 8.01. The van der Waals surface area contributed by atoms with Crippen LogP contribution in [0, 0.1) is 5.82 Å². The number of nitrogens with two attached hydrogens (primary N) is 2. The molecule has 1 saturated heterocycles. The van der Waals surface area contributed by atoms with Crippen molar-refractivity contribution in [2.45, 2.75) is 37.3 Å². The van der Waals surface area contributed by atoms with Gasteiger partial charge in [-0.3, -0.25) is 4.79 Å². The second kappa shape index (κ2) is 7.00. The van der Waals surface area contributed by atoms with Gasteiger partial charge in [0.1, 0.15) is 11.3 Å². The molecule has 4 rings (SSSR count). The van der Waals surface area contributed by atoms with E-state index in [0.29, 0.717) is 38.0 Å². The molecule has 1 aromatic carbocycles. The summed E-state index contributed by atoms with van der Waals surface area (Å²) in [4.78, 5) is 26.1. The molecule has 9 heteroatoms. The van der Waals surface area contributed by atoms with E-state index in [1.807, 2.05) is 4.90 Å². The van der Waals surface area contributed by atoms with Crippen LogP contribution in [-0.4, -0.2) is 47.9 Å². The molecule has 156 valence electrons. The average molecular weight is 404 g/mol. The van der Waals surface area contributed by atoms with E-state index in [0.717, 1.165) is 18.9 Å². The number of anilines is 1. The highest BCUT2D eigenvalue weighted by molar-refractivity contribution is 5.97. The van der Waals surface area contributed by atoms with E-state index in [2.05, 4.69) is 0 Å². The summed E-state index contributed by atoms with van der Waals surface area (Å²) in [5.41, 5.74) is 11.2. The largest absolute Gasteiger partial charge is 0.492 e. The summed E-state index contributed by atoms with van der Waals surface area (Å²) >= 11 is 0. The zero-order valence-electron chi connectivity index (χ0n) is 16.3. The molecule has 1 aromatic heterocycles. The van der Waals surface area contributed by atoms with Gasteiger partial charge in [0.25, 0.3) is 0 Å². The first-order valence-corrected chi connectivity index (χ1v) is 9.72. The summed E-state index contributed by atoms with van der Waals surface area (Å²) in [5, 5.41) is 9.43. The Morgan fingerprint density at radius 1 is 1.38 bits per heavy atom. The maximum atomic E-state index is 15.2. The Morgan fingerprint density at radius 2 is 2.03 bits per heavy atom. The fourth-order valence-corrected chi connectivity index (χ4v) is 4.10. The highest BCUT2D eigenvalue weighted by Crippen LogP contribution is 2.44. The van der Waals surface area contributed by atoms with Crippen LogP contribution in [0.3, 0.4) is 0 Å². The van der Waals surface area contributed by atoms with E-state index in [-0.39, 0.29) is 28.4 Å². The molecule has 1 aliphatic carbocycles. The number of aromatic carboxylic acids is 1. The Bertz CT molecular complexity index is 1040. The van der Waals surface area contributed by atoms with E-state index in [4.69, 9.17) is 16.2 Å². The number of carboxylic acid groups (broad SMARTS) is 1. The molecule has 29 heavy (non-hydrogen) atoms. The van der Waals surface area contributed by atoms with Crippen molar-refractivity contribution in [3.8, 4) is 5.75 Å². The van der Waals surface area contributed by atoms with Crippen LogP contribution in [0.15, 0.2) is 17.1 Å². The quantitative estimate of drug-likeness (QED) is 0.689. The van der Waals surface area contributed by atoms with Gasteiger partial charge >= 0.3 is 5.97 Å². The fourth-order valence-electron chi connectivity index (χ4n) is 4.10. The summed E-state index contributed by atoms with van der Waals surface area (Å²) in [6.45, 7) is 1.37. The number of pyridine rings is 1. The lowest BCUT2D eigenvalue weighted by atomic mass is 9.88. The minimum Gasteiger partial charge on any atom is -0.492 e. The fraction of sp³-hybridized carbons (Fsp3) is 0.500. The first-order chi connectivity index (χ1) is 13.8. The van der Waals surface area contributed by atoms with E-state index in [9.17, 15) is 14.7 Å². The predicted molar refractivity (Wildman–Crippen MR) is 107 cm³/mol. The highest BCUT2D eigenvalue weighted by atomic mass is 19.1. The normalized spacial score (nSPS) is 18.8. The molecule has 2 heterocycles. The number of benzene rings is 1. The van der Waals surface area contributed by atoms with Gasteiger partial charge < -0.3 is 30.8 Å². The Kier molecular flexibility index (Phi) is 4.74. The van der Waals surface area contributed by atoms with Gasteiger partial charge in [0.15, 0.2) is 11.6 Å². The summed E-state index contributed by atoms with van der Waals surface area (Å²) in [6, 6.07) is 1.20. The third kappa shape index (κ3) is 3.24. The molecule has 0 spiro atoms. The predicted octanol–water partition coefficient (Wildman–Crippen LogP) is 1.44. The molecule has 2 aliphatic rings. The van der Waals surface area contributed by atoms with Crippen molar-refractivity contribution < 1.29 is 19.0 Å². The van der Waals surface area contributed by atoms with Crippen molar-refractivity contribution in [3.05, 3.63) is 33.9 Å². The van der Waals surface area contributed by atoms with E-state index in [1.165, 1.54) is 13.3 Å². The molecular weight excluding hydrogens is 379 g/mol. The van der Waals surface area contributed by atoms with Crippen LogP contribution in [0.4, 0.5) is 10.1 Å². The smallest absolute Gasteiger partial charge is 0.341 e. The van der Waals surface area contributed by atoms with Gasteiger partial charge in [-0.15, -0.1) is 0 Å². The zero-order valence-corrected chi connectivity index (χ0v) is 16.3. The van der Waals surface area contributed by atoms with Crippen LogP contribution < -0.4 is 26.5 Å². The maximum Gasteiger partial charge on any atom is 0.341 e. The van der Waals surface area contributed by atoms with Crippen molar-refractivity contribution in [1.82, 2.24) is 4.57 Å². The number of carboxylic acids is 1. The standard InChI is InChI=1S/C20H25FN4O4/c1-29-18-15-12(17(26)13(19(27)28)9-25(15)11-2-3-11)8-14(21)16(18)24-6-4-20(23,10-22)5-7-24/h8-9,11H,2-7,10,22-23H2,1H3,(H,27,28). The average Bonchev–Trinajstić information content (AvgIpc) is 3.53. The summed E-state index contributed by atoms with van der Waals surface area (Å²) < 4.78 is 22.6. The molecule has 0 atom stereocenters. The first kappa shape index (κ1) is 19.7. The summed E-state index contributed by atoms with van der Waals surface area (Å²) in [7, 11) is 1.43.